The molecule has 1 aliphatic rings. The molecule has 1 aromatic rings. The number of halogens is 1. The van der Waals surface area contributed by atoms with Gasteiger partial charge in [0.2, 0.25) is 5.91 Å². The third kappa shape index (κ3) is 2.53. The Hall–Kier alpha value is -2.28. The zero-order valence-corrected chi connectivity index (χ0v) is 10.8. The molecule has 1 N–H and O–H groups in total. The molecule has 20 heavy (non-hydrogen) atoms. The lowest BCUT2D eigenvalue weighted by Crippen LogP contribution is -2.46. The van der Waals surface area contributed by atoms with Crippen molar-refractivity contribution in [3.63, 3.8) is 0 Å². The minimum absolute atomic E-state index is 0.0354. The van der Waals surface area contributed by atoms with Gasteiger partial charge in [-0.2, -0.15) is 0 Å². The smallest absolute Gasteiger partial charge is 0.270 e. The van der Waals surface area contributed by atoms with Gasteiger partial charge in [-0.1, -0.05) is 11.6 Å². The standard InChI is InChI=1S/C12H9ClN2O5/c13-8-2-1-6(15(19)20)5-7(8)11(17)10-9(16)3-4-14-12(10)18/h1-2,5,10H,3-4H2,(H,14,18). The molecule has 1 atom stereocenters. The number of carbonyl (C=O) groups excluding carboxylic acids is 3. The molecule has 1 saturated heterocycles. The van der Waals surface area contributed by atoms with Crippen molar-refractivity contribution >= 4 is 34.8 Å². The van der Waals surface area contributed by atoms with Crippen molar-refractivity contribution in [2.75, 3.05) is 6.54 Å². The quantitative estimate of drug-likeness (QED) is 0.389. The van der Waals surface area contributed by atoms with E-state index < -0.39 is 28.3 Å². The normalized spacial score (nSPS) is 18.6. The Labute approximate surface area is 118 Å². The van der Waals surface area contributed by atoms with Gasteiger partial charge in [-0.25, -0.2) is 0 Å². The van der Waals surface area contributed by atoms with E-state index in [1.165, 1.54) is 6.07 Å². The first-order valence-corrected chi connectivity index (χ1v) is 6.08. The Bertz CT molecular complexity index is 612. The van der Waals surface area contributed by atoms with Crippen LogP contribution in [0.15, 0.2) is 18.2 Å². The molecule has 1 heterocycles. The summed E-state index contributed by atoms with van der Waals surface area (Å²) in [6, 6.07) is 3.31. The van der Waals surface area contributed by atoms with Gasteiger partial charge in [0.05, 0.1) is 9.95 Å². The van der Waals surface area contributed by atoms with Crippen molar-refractivity contribution in [3.8, 4) is 0 Å². The van der Waals surface area contributed by atoms with Crippen LogP contribution in [0.25, 0.3) is 0 Å². The van der Waals surface area contributed by atoms with Crippen LogP contribution in [0.1, 0.15) is 16.8 Å². The van der Waals surface area contributed by atoms with Crippen LogP contribution in [0.4, 0.5) is 5.69 Å². The highest BCUT2D eigenvalue weighted by Gasteiger charge is 2.37. The number of nitrogens with zero attached hydrogens (tertiary/aromatic N) is 1. The first-order valence-electron chi connectivity index (χ1n) is 5.70. The highest BCUT2D eigenvalue weighted by Crippen LogP contribution is 2.26. The number of ketones is 2. The zero-order valence-electron chi connectivity index (χ0n) is 10.1. The predicted octanol–water partition coefficient (Wildman–Crippen LogP) is 1.14. The number of hydrogen-bond donors (Lipinski definition) is 1. The lowest BCUT2D eigenvalue weighted by molar-refractivity contribution is -0.384. The van der Waals surface area contributed by atoms with Crippen LogP contribution in [0.3, 0.4) is 0 Å². The first-order chi connectivity index (χ1) is 9.41. The van der Waals surface area contributed by atoms with Crippen molar-refractivity contribution in [3.05, 3.63) is 38.9 Å². The van der Waals surface area contributed by atoms with Crippen molar-refractivity contribution in [1.29, 1.82) is 0 Å². The number of non-ortho nitro benzene ring substituents is 1. The summed E-state index contributed by atoms with van der Waals surface area (Å²) in [5.41, 5.74) is -0.530. The maximum atomic E-state index is 12.2. The lowest BCUT2D eigenvalue weighted by Gasteiger charge is -2.19. The van der Waals surface area contributed by atoms with Gasteiger partial charge in [-0.3, -0.25) is 24.5 Å². The van der Waals surface area contributed by atoms with Crippen molar-refractivity contribution < 1.29 is 19.3 Å². The van der Waals surface area contributed by atoms with Gasteiger partial charge in [0, 0.05) is 30.7 Å². The van der Waals surface area contributed by atoms with E-state index in [0.29, 0.717) is 0 Å². The fraction of sp³-hybridized carbons (Fsp3) is 0.250. The Balaban J connectivity index is 2.42. The summed E-state index contributed by atoms with van der Waals surface area (Å²) >= 11 is 5.82. The van der Waals surface area contributed by atoms with Crippen LogP contribution < -0.4 is 5.32 Å². The number of hydrogen-bond acceptors (Lipinski definition) is 5. The number of amides is 1. The van der Waals surface area contributed by atoms with Gasteiger partial charge in [0.1, 0.15) is 0 Å². The highest BCUT2D eigenvalue weighted by atomic mass is 35.5. The van der Waals surface area contributed by atoms with Crippen LogP contribution in [0, 0.1) is 16.0 Å². The molecule has 0 spiro atoms. The van der Waals surface area contributed by atoms with E-state index in [1.807, 2.05) is 0 Å². The summed E-state index contributed by atoms with van der Waals surface area (Å²) in [5, 5.41) is 13.1. The molecule has 8 heteroatoms. The largest absolute Gasteiger partial charge is 0.355 e. The van der Waals surface area contributed by atoms with Crippen LogP contribution in [0.5, 0.6) is 0 Å². The molecule has 1 aliphatic heterocycles. The molecule has 0 saturated carbocycles. The molecule has 1 fully saturated rings. The molecule has 0 aromatic heterocycles. The van der Waals surface area contributed by atoms with E-state index in [2.05, 4.69) is 5.32 Å². The molecule has 0 radical (unpaired) electrons. The average Bonchev–Trinajstić information content (AvgIpc) is 2.38. The summed E-state index contributed by atoms with van der Waals surface area (Å²) in [5.74, 6) is -3.51. The second-order valence-electron chi connectivity index (χ2n) is 4.23. The lowest BCUT2D eigenvalue weighted by atomic mass is 9.89. The SMILES string of the molecule is O=C1CCNC(=O)C1C(=O)c1cc([N+](=O)[O-])ccc1Cl. The number of carbonyl (C=O) groups is 3. The molecular formula is C12H9ClN2O5. The average molecular weight is 297 g/mol. The molecule has 0 bridgehead atoms. The second kappa shape index (κ2) is 5.38. The summed E-state index contributed by atoms with van der Waals surface area (Å²) in [7, 11) is 0. The van der Waals surface area contributed by atoms with Crippen LogP contribution in [0.2, 0.25) is 5.02 Å². The van der Waals surface area contributed by atoms with Gasteiger partial charge in [0.15, 0.2) is 17.5 Å². The fourth-order valence-electron chi connectivity index (χ4n) is 1.94. The summed E-state index contributed by atoms with van der Waals surface area (Å²) < 4.78 is 0. The third-order valence-electron chi connectivity index (χ3n) is 2.94. The Morgan fingerprint density at radius 1 is 1.40 bits per heavy atom. The van der Waals surface area contributed by atoms with Crippen LogP contribution in [-0.2, 0) is 9.59 Å². The summed E-state index contributed by atoms with van der Waals surface area (Å²) in [6.45, 7) is 0.185. The Morgan fingerprint density at radius 2 is 2.10 bits per heavy atom. The van der Waals surface area contributed by atoms with Gasteiger partial charge < -0.3 is 5.32 Å². The van der Waals surface area contributed by atoms with E-state index in [9.17, 15) is 24.5 Å². The van der Waals surface area contributed by atoms with Crippen molar-refractivity contribution in [2.45, 2.75) is 6.42 Å². The number of piperidine rings is 1. The molecule has 2 rings (SSSR count). The monoisotopic (exact) mass is 296 g/mol. The zero-order chi connectivity index (χ0) is 14.9. The Kier molecular flexibility index (Phi) is 3.80. The van der Waals surface area contributed by atoms with Gasteiger partial charge >= 0.3 is 0 Å². The summed E-state index contributed by atoms with van der Waals surface area (Å²) in [4.78, 5) is 45.6. The molecule has 0 aliphatic carbocycles. The minimum Gasteiger partial charge on any atom is -0.355 e. The number of rotatable bonds is 3. The van der Waals surface area contributed by atoms with Crippen molar-refractivity contribution in [2.24, 2.45) is 5.92 Å². The molecular weight excluding hydrogens is 288 g/mol. The molecule has 1 amide bonds. The molecule has 104 valence electrons. The van der Waals surface area contributed by atoms with Crippen LogP contribution >= 0.6 is 11.6 Å². The number of nitro groups is 1. The first kappa shape index (κ1) is 14.1. The molecule has 1 unspecified atom stereocenters. The predicted molar refractivity (Wildman–Crippen MR) is 68.6 cm³/mol. The van der Waals surface area contributed by atoms with Gasteiger partial charge in [-0.15, -0.1) is 0 Å². The maximum absolute atomic E-state index is 12.2. The van der Waals surface area contributed by atoms with Gasteiger partial charge in [-0.05, 0) is 6.07 Å². The second-order valence-corrected chi connectivity index (χ2v) is 4.63. The highest BCUT2D eigenvalue weighted by molar-refractivity contribution is 6.36. The van der Waals surface area contributed by atoms with Gasteiger partial charge in [0.25, 0.3) is 5.69 Å². The van der Waals surface area contributed by atoms with E-state index in [4.69, 9.17) is 11.6 Å². The maximum Gasteiger partial charge on any atom is 0.270 e. The van der Waals surface area contributed by atoms with Crippen molar-refractivity contribution in [1.82, 2.24) is 5.32 Å². The molecule has 7 nitrogen and oxygen atoms in total. The number of benzene rings is 1. The fourth-order valence-corrected chi connectivity index (χ4v) is 2.15. The summed E-state index contributed by atoms with van der Waals surface area (Å²) in [6.07, 6.45) is 0.0503. The minimum atomic E-state index is -1.48. The van der Waals surface area contributed by atoms with E-state index in [1.54, 1.807) is 0 Å². The van der Waals surface area contributed by atoms with E-state index >= 15 is 0 Å². The topological polar surface area (TPSA) is 106 Å². The number of Topliss-reactive ketones (excluding diaryl/α,β-unsaturated/α-hetero) is 2. The molecule has 1 aromatic carbocycles. The third-order valence-corrected chi connectivity index (χ3v) is 3.27. The number of nitro benzene ring substituents is 1. The van der Waals surface area contributed by atoms with E-state index in [0.717, 1.165) is 12.1 Å². The Morgan fingerprint density at radius 3 is 2.70 bits per heavy atom. The van der Waals surface area contributed by atoms with E-state index in [-0.39, 0.29) is 29.2 Å². The number of nitrogens with one attached hydrogen (secondary N) is 1. The van der Waals surface area contributed by atoms with Crippen LogP contribution in [-0.4, -0.2) is 28.9 Å².